The van der Waals surface area contributed by atoms with Crippen molar-refractivity contribution in [3.8, 4) is 5.75 Å². The highest BCUT2D eigenvalue weighted by atomic mass is 35.5. The minimum Gasteiger partial charge on any atom is -0.486 e. The van der Waals surface area contributed by atoms with Gasteiger partial charge < -0.3 is 14.4 Å². The zero-order valence-electron chi connectivity index (χ0n) is 15.7. The van der Waals surface area contributed by atoms with Gasteiger partial charge in [-0.15, -0.1) is 10.2 Å². The van der Waals surface area contributed by atoms with Crippen LogP contribution in [0.15, 0.2) is 24.3 Å². The average Bonchev–Trinajstić information content (AvgIpc) is 2.70. The van der Waals surface area contributed by atoms with Crippen molar-refractivity contribution < 1.29 is 19.1 Å². The monoisotopic (exact) mass is 401 g/mol. The average molecular weight is 402 g/mol. The van der Waals surface area contributed by atoms with Crippen molar-refractivity contribution in [1.29, 1.82) is 0 Å². The maximum absolute atomic E-state index is 12.7. The van der Waals surface area contributed by atoms with Crippen molar-refractivity contribution >= 4 is 29.2 Å². The fraction of sp³-hybridized carbons (Fsp3) is 0.400. The molecule has 3 heterocycles. The van der Waals surface area contributed by atoms with Crippen LogP contribution in [0.4, 0.5) is 5.82 Å². The highest BCUT2D eigenvalue weighted by molar-refractivity contribution is 6.31. The molecular weight excluding hydrogens is 382 g/mol. The van der Waals surface area contributed by atoms with Crippen molar-refractivity contribution in [2.45, 2.75) is 31.8 Å². The predicted molar refractivity (Wildman–Crippen MR) is 103 cm³/mol. The number of aromatic nitrogens is 2. The Morgan fingerprint density at radius 3 is 2.64 bits per heavy atom. The van der Waals surface area contributed by atoms with Crippen LogP contribution in [0.2, 0.25) is 5.02 Å². The molecule has 4 rings (SSSR count). The summed E-state index contributed by atoms with van der Waals surface area (Å²) in [7, 11) is 1.31. The van der Waals surface area contributed by atoms with E-state index < -0.39 is 11.6 Å². The summed E-state index contributed by atoms with van der Waals surface area (Å²) in [6.45, 7) is 3.26. The number of carbonyl (C=O) groups is 2. The Morgan fingerprint density at radius 1 is 1.25 bits per heavy atom. The molecule has 0 bridgehead atoms. The first-order valence-electron chi connectivity index (χ1n) is 9.10. The van der Waals surface area contributed by atoms with Gasteiger partial charge in [-0.3, -0.25) is 4.79 Å². The van der Waals surface area contributed by atoms with Gasteiger partial charge in [0.25, 0.3) is 0 Å². The van der Waals surface area contributed by atoms with Crippen molar-refractivity contribution in [2.75, 3.05) is 25.1 Å². The summed E-state index contributed by atoms with van der Waals surface area (Å²) < 4.78 is 11.0. The fourth-order valence-corrected chi connectivity index (χ4v) is 3.91. The first-order chi connectivity index (χ1) is 13.4. The lowest BCUT2D eigenvalue weighted by atomic mass is 9.82. The Balaban J connectivity index is 1.48. The number of methoxy groups -OCH3 is 1. The summed E-state index contributed by atoms with van der Waals surface area (Å²) in [5, 5.41) is 8.63. The number of anilines is 1. The topological polar surface area (TPSA) is 81.6 Å². The molecule has 1 spiro atoms. The van der Waals surface area contributed by atoms with Crippen LogP contribution in [0, 0.1) is 6.92 Å². The minimum absolute atomic E-state index is 0.0684. The van der Waals surface area contributed by atoms with E-state index in [9.17, 15) is 9.59 Å². The van der Waals surface area contributed by atoms with E-state index in [1.807, 2.05) is 13.0 Å². The molecular formula is C20H20ClN3O4. The number of rotatable bonds is 2. The molecule has 8 heteroatoms. The van der Waals surface area contributed by atoms with Crippen LogP contribution in [0.3, 0.4) is 0 Å². The lowest BCUT2D eigenvalue weighted by molar-refractivity contribution is 0.0230. The van der Waals surface area contributed by atoms with E-state index in [0.29, 0.717) is 54.5 Å². The van der Waals surface area contributed by atoms with Crippen LogP contribution in [0.25, 0.3) is 0 Å². The molecule has 1 aromatic carbocycles. The number of hydrogen-bond acceptors (Lipinski definition) is 7. The van der Waals surface area contributed by atoms with Gasteiger partial charge in [0, 0.05) is 31.0 Å². The number of esters is 1. The van der Waals surface area contributed by atoms with Gasteiger partial charge in [-0.05, 0) is 36.8 Å². The molecule has 0 radical (unpaired) electrons. The van der Waals surface area contributed by atoms with Crippen LogP contribution >= 0.6 is 11.6 Å². The zero-order valence-corrected chi connectivity index (χ0v) is 16.5. The SMILES string of the molecule is COC(=O)c1ccc(N2CCC3(CC2)CC(=O)c2cc(Cl)c(C)cc2O3)nn1. The number of halogens is 1. The summed E-state index contributed by atoms with van der Waals surface area (Å²) in [6, 6.07) is 6.90. The third-order valence-electron chi connectivity index (χ3n) is 5.41. The molecule has 2 aromatic rings. The minimum atomic E-state index is -0.514. The number of carbonyl (C=O) groups excluding carboxylic acids is 2. The molecule has 1 aromatic heterocycles. The van der Waals surface area contributed by atoms with Crippen molar-refractivity contribution in [3.05, 3.63) is 46.1 Å². The van der Waals surface area contributed by atoms with Crippen LogP contribution in [0.1, 0.15) is 45.7 Å². The van der Waals surface area contributed by atoms with Gasteiger partial charge in [0.1, 0.15) is 11.4 Å². The fourth-order valence-electron chi connectivity index (χ4n) is 3.74. The van der Waals surface area contributed by atoms with Crippen molar-refractivity contribution in [1.82, 2.24) is 10.2 Å². The molecule has 7 nitrogen and oxygen atoms in total. The lowest BCUT2D eigenvalue weighted by Gasteiger charge is -2.44. The van der Waals surface area contributed by atoms with Gasteiger partial charge in [-0.1, -0.05) is 11.6 Å². The van der Waals surface area contributed by atoms with Crippen LogP contribution in [0.5, 0.6) is 5.75 Å². The summed E-state index contributed by atoms with van der Waals surface area (Å²) in [4.78, 5) is 26.2. The summed E-state index contributed by atoms with van der Waals surface area (Å²) in [6.07, 6.45) is 1.74. The van der Waals surface area contributed by atoms with Gasteiger partial charge in [-0.25, -0.2) is 4.79 Å². The lowest BCUT2D eigenvalue weighted by Crippen LogP contribution is -2.51. The van der Waals surface area contributed by atoms with E-state index in [2.05, 4.69) is 19.8 Å². The van der Waals surface area contributed by atoms with Gasteiger partial charge in [0.2, 0.25) is 0 Å². The number of piperidine rings is 1. The largest absolute Gasteiger partial charge is 0.486 e. The second-order valence-corrected chi connectivity index (χ2v) is 7.65. The second-order valence-electron chi connectivity index (χ2n) is 7.24. The van der Waals surface area contributed by atoms with E-state index >= 15 is 0 Å². The quantitative estimate of drug-likeness (QED) is 0.714. The molecule has 0 unspecified atom stereocenters. The van der Waals surface area contributed by atoms with E-state index in [1.54, 1.807) is 18.2 Å². The Morgan fingerprint density at radius 2 is 2.00 bits per heavy atom. The number of ether oxygens (including phenoxy) is 2. The Hall–Kier alpha value is -2.67. The van der Waals surface area contributed by atoms with E-state index in [0.717, 1.165) is 5.56 Å². The molecule has 0 atom stereocenters. The van der Waals surface area contributed by atoms with E-state index in [4.69, 9.17) is 16.3 Å². The summed E-state index contributed by atoms with van der Waals surface area (Å²) in [5.41, 5.74) is 1.13. The molecule has 0 aliphatic carbocycles. The molecule has 1 fully saturated rings. The van der Waals surface area contributed by atoms with Crippen molar-refractivity contribution in [3.63, 3.8) is 0 Å². The van der Waals surface area contributed by atoms with Crippen molar-refractivity contribution in [2.24, 2.45) is 0 Å². The molecule has 146 valence electrons. The summed E-state index contributed by atoms with van der Waals surface area (Å²) >= 11 is 6.16. The summed E-state index contributed by atoms with van der Waals surface area (Å²) in [5.74, 6) is 0.861. The van der Waals surface area contributed by atoms with E-state index in [1.165, 1.54) is 7.11 Å². The molecule has 1 saturated heterocycles. The first kappa shape index (κ1) is 18.7. The number of ketones is 1. The maximum atomic E-state index is 12.7. The normalized spacial score (nSPS) is 17.8. The van der Waals surface area contributed by atoms with Gasteiger partial charge in [0.15, 0.2) is 17.3 Å². The van der Waals surface area contributed by atoms with Crippen LogP contribution in [-0.2, 0) is 4.74 Å². The highest BCUT2D eigenvalue weighted by Gasteiger charge is 2.43. The number of Topliss-reactive ketones (excluding diaryl/α,β-unsaturated/α-hetero) is 1. The Kier molecular flexibility index (Phi) is 4.71. The molecule has 0 N–H and O–H groups in total. The predicted octanol–water partition coefficient (Wildman–Crippen LogP) is 3.23. The molecule has 0 amide bonds. The Labute approximate surface area is 167 Å². The van der Waals surface area contributed by atoms with E-state index in [-0.39, 0.29) is 11.5 Å². The zero-order chi connectivity index (χ0) is 19.9. The Bertz CT molecular complexity index is 937. The molecule has 2 aliphatic rings. The number of fused-ring (bicyclic) bond motifs is 1. The highest BCUT2D eigenvalue weighted by Crippen LogP contribution is 2.41. The van der Waals surface area contributed by atoms with Crippen LogP contribution in [-0.4, -0.2) is 47.8 Å². The number of aryl methyl sites for hydroxylation is 1. The van der Waals surface area contributed by atoms with Crippen LogP contribution < -0.4 is 9.64 Å². The molecule has 28 heavy (non-hydrogen) atoms. The number of benzene rings is 1. The first-order valence-corrected chi connectivity index (χ1v) is 9.48. The second kappa shape index (κ2) is 7.05. The number of hydrogen-bond donors (Lipinski definition) is 0. The maximum Gasteiger partial charge on any atom is 0.358 e. The van der Waals surface area contributed by atoms with Gasteiger partial charge in [-0.2, -0.15) is 0 Å². The molecule has 2 aliphatic heterocycles. The smallest absolute Gasteiger partial charge is 0.358 e. The number of nitrogens with zero attached hydrogens (tertiary/aromatic N) is 3. The third-order valence-corrected chi connectivity index (χ3v) is 5.82. The third kappa shape index (κ3) is 3.30. The van der Waals surface area contributed by atoms with Gasteiger partial charge in [0.05, 0.1) is 19.1 Å². The van der Waals surface area contributed by atoms with Gasteiger partial charge >= 0.3 is 5.97 Å². The standard InChI is InChI=1S/C20H20ClN3O4/c1-12-9-17-13(10-14(12)21)16(25)11-20(28-17)5-7-24(8-6-20)18-4-3-15(22-23-18)19(26)27-2/h3-4,9-10H,5-8,11H2,1-2H3. The molecule has 0 saturated carbocycles.